The molecule has 2 fully saturated rings. The number of ether oxygens (including phenoxy) is 1. The van der Waals surface area contributed by atoms with E-state index in [1.165, 1.54) is 0 Å². The fourth-order valence-electron chi connectivity index (χ4n) is 3.81. The third-order valence-corrected chi connectivity index (χ3v) is 5.20. The lowest BCUT2D eigenvalue weighted by molar-refractivity contribution is -0.122. The molecule has 3 aliphatic rings. The molecule has 4 rings (SSSR count). The van der Waals surface area contributed by atoms with Crippen LogP contribution in [-0.4, -0.2) is 50.1 Å². The minimum atomic E-state index is -0.413. The van der Waals surface area contributed by atoms with Crippen molar-refractivity contribution in [2.24, 2.45) is 0 Å². The van der Waals surface area contributed by atoms with Crippen molar-refractivity contribution in [3.05, 3.63) is 23.8 Å². The summed E-state index contributed by atoms with van der Waals surface area (Å²) in [5, 5.41) is 2.88. The summed E-state index contributed by atoms with van der Waals surface area (Å²) < 4.78 is 5.51. The zero-order valence-corrected chi connectivity index (χ0v) is 14.2. The minimum absolute atomic E-state index is 0.0386. The lowest BCUT2D eigenvalue weighted by Crippen LogP contribution is -2.50. The van der Waals surface area contributed by atoms with Crippen LogP contribution in [0.15, 0.2) is 18.2 Å². The van der Waals surface area contributed by atoms with Crippen LogP contribution < -0.4 is 15.1 Å². The number of hydrogen-bond donors (Lipinski definition) is 1. The first-order chi connectivity index (χ1) is 12.1. The quantitative estimate of drug-likeness (QED) is 0.890. The first-order valence-electron chi connectivity index (χ1n) is 8.70. The zero-order chi connectivity index (χ0) is 17.6. The molecule has 3 aliphatic heterocycles. The van der Waals surface area contributed by atoms with Crippen LogP contribution in [0.4, 0.5) is 11.4 Å². The van der Waals surface area contributed by atoms with E-state index in [1.807, 2.05) is 0 Å². The number of nitrogens with one attached hydrogen (secondary N) is 1. The molecule has 2 saturated heterocycles. The van der Waals surface area contributed by atoms with E-state index < -0.39 is 6.04 Å². The Morgan fingerprint density at radius 1 is 1.28 bits per heavy atom. The number of hydrogen-bond acceptors (Lipinski definition) is 4. The van der Waals surface area contributed by atoms with E-state index in [2.05, 4.69) is 5.32 Å². The predicted molar refractivity (Wildman–Crippen MR) is 91.7 cm³/mol. The second-order valence-corrected chi connectivity index (χ2v) is 6.76. The summed E-state index contributed by atoms with van der Waals surface area (Å²) in [4.78, 5) is 40.2. The highest BCUT2D eigenvalue weighted by molar-refractivity contribution is 6.15. The molecule has 0 bridgehead atoms. The van der Waals surface area contributed by atoms with Gasteiger partial charge in [0.2, 0.25) is 11.8 Å². The van der Waals surface area contributed by atoms with Crippen molar-refractivity contribution in [3.8, 4) is 0 Å². The monoisotopic (exact) mass is 343 g/mol. The van der Waals surface area contributed by atoms with E-state index in [0.29, 0.717) is 36.3 Å². The normalized spacial score (nSPS) is 25.2. The Hall–Kier alpha value is -2.41. The van der Waals surface area contributed by atoms with Crippen LogP contribution in [0, 0.1) is 0 Å². The molecule has 1 aromatic rings. The Morgan fingerprint density at radius 2 is 2.12 bits per heavy atom. The minimum Gasteiger partial charge on any atom is -0.376 e. The number of likely N-dealkylation sites (N-methyl/N-ethyl adjacent to an activating group) is 1. The smallest absolute Gasteiger partial charge is 0.251 e. The summed E-state index contributed by atoms with van der Waals surface area (Å²) in [5.74, 6) is -0.340. The molecule has 0 aromatic heterocycles. The predicted octanol–water partition coefficient (Wildman–Crippen LogP) is 1.07. The maximum absolute atomic E-state index is 12.5. The molecule has 0 aliphatic carbocycles. The Balaban J connectivity index is 1.57. The maximum atomic E-state index is 12.5. The summed E-state index contributed by atoms with van der Waals surface area (Å²) in [7, 11) is 1.69. The van der Waals surface area contributed by atoms with Crippen molar-refractivity contribution in [2.45, 2.75) is 37.8 Å². The second-order valence-electron chi connectivity index (χ2n) is 6.76. The topological polar surface area (TPSA) is 79.0 Å². The molecule has 0 saturated carbocycles. The Morgan fingerprint density at radius 3 is 2.88 bits per heavy atom. The summed E-state index contributed by atoms with van der Waals surface area (Å²) in [5.41, 5.74) is 1.77. The lowest BCUT2D eigenvalue weighted by Gasteiger charge is -2.36. The van der Waals surface area contributed by atoms with Crippen LogP contribution in [0.3, 0.4) is 0 Å². The Bertz CT molecular complexity index is 742. The second kappa shape index (κ2) is 6.15. The molecule has 0 radical (unpaired) electrons. The van der Waals surface area contributed by atoms with Crippen LogP contribution >= 0.6 is 0 Å². The average Bonchev–Trinajstić information content (AvgIpc) is 3.27. The number of anilines is 2. The van der Waals surface area contributed by atoms with E-state index in [0.717, 1.165) is 19.4 Å². The van der Waals surface area contributed by atoms with Crippen LogP contribution in [0.1, 0.15) is 36.0 Å². The van der Waals surface area contributed by atoms with Crippen LogP contribution in [0.5, 0.6) is 0 Å². The largest absolute Gasteiger partial charge is 0.376 e. The maximum Gasteiger partial charge on any atom is 0.251 e. The SMILES string of the molecule is CN1C(=O)C2CCC(=O)N2c2ccc(C(=O)NCC3CCCO3)cc21. The van der Waals surface area contributed by atoms with Gasteiger partial charge in [-0.25, -0.2) is 0 Å². The van der Waals surface area contributed by atoms with E-state index >= 15 is 0 Å². The van der Waals surface area contributed by atoms with Gasteiger partial charge in [-0.3, -0.25) is 19.3 Å². The first kappa shape index (κ1) is 16.1. The molecule has 132 valence electrons. The fourth-order valence-corrected chi connectivity index (χ4v) is 3.81. The summed E-state index contributed by atoms with van der Waals surface area (Å²) in [6.45, 7) is 1.23. The average molecular weight is 343 g/mol. The third kappa shape index (κ3) is 2.68. The van der Waals surface area contributed by atoms with Crippen molar-refractivity contribution in [1.29, 1.82) is 0 Å². The van der Waals surface area contributed by atoms with Gasteiger partial charge in [0, 0.05) is 32.2 Å². The van der Waals surface area contributed by atoms with E-state index in [-0.39, 0.29) is 23.8 Å². The number of fused-ring (bicyclic) bond motifs is 3. The molecule has 25 heavy (non-hydrogen) atoms. The van der Waals surface area contributed by atoms with Crippen LogP contribution in [-0.2, 0) is 14.3 Å². The van der Waals surface area contributed by atoms with Crippen molar-refractivity contribution >= 4 is 29.1 Å². The molecule has 7 heteroatoms. The van der Waals surface area contributed by atoms with Gasteiger partial charge in [0.1, 0.15) is 6.04 Å². The molecule has 7 nitrogen and oxygen atoms in total. The molecule has 3 amide bonds. The van der Waals surface area contributed by atoms with Crippen molar-refractivity contribution < 1.29 is 19.1 Å². The van der Waals surface area contributed by atoms with Crippen molar-refractivity contribution in [3.63, 3.8) is 0 Å². The molecule has 0 spiro atoms. The van der Waals surface area contributed by atoms with Crippen molar-refractivity contribution in [2.75, 3.05) is 30.0 Å². The lowest BCUT2D eigenvalue weighted by atomic mass is 10.0. The fraction of sp³-hybridized carbons (Fsp3) is 0.500. The number of amides is 3. The van der Waals surface area contributed by atoms with Gasteiger partial charge >= 0.3 is 0 Å². The van der Waals surface area contributed by atoms with Gasteiger partial charge in [-0.15, -0.1) is 0 Å². The molecule has 3 heterocycles. The zero-order valence-electron chi connectivity index (χ0n) is 14.2. The molecule has 2 unspecified atom stereocenters. The van der Waals surface area contributed by atoms with Gasteiger partial charge < -0.3 is 15.0 Å². The molecular formula is C18H21N3O4. The first-order valence-corrected chi connectivity index (χ1v) is 8.70. The van der Waals surface area contributed by atoms with Gasteiger partial charge in [0.15, 0.2) is 0 Å². The van der Waals surface area contributed by atoms with Gasteiger partial charge in [-0.2, -0.15) is 0 Å². The number of rotatable bonds is 3. The third-order valence-electron chi connectivity index (χ3n) is 5.20. The highest BCUT2D eigenvalue weighted by Gasteiger charge is 2.44. The molecule has 2 atom stereocenters. The van der Waals surface area contributed by atoms with Gasteiger partial charge in [0.05, 0.1) is 17.5 Å². The Labute approximate surface area is 145 Å². The van der Waals surface area contributed by atoms with E-state index in [1.54, 1.807) is 35.0 Å². The summed E-state index contributed by atoms with van der Waals surface area (Å²) in [6, 6.07) is 4.73. The molecular weight excluding hydrogens is 322 g/mol. The summed E-state index contributed by atoms with van der Waals surface area (Å²) >= 11 is 0. The summed E-state index contributed by atoms with van der Waals surface area (Å²) in [6.07, 6.45) is 2.99. The highest BCUT2D eigenvalue weighted by atomic mass is 16.5. The van der Waals surface area contributed by atoms with Gasteiger partial charge in [-0.05, 0) is 37.5 Å². The van der Waals surface area contributed by atoms with Gasteiger partial charge in [0.25, 0.3) is 5.91 Å². The van der Waals surface area contributed by atoms with Gasteiger partial charge in [-0.1, -0.05) is 0 Å². The Kier molecular flexibility index (Phi) is 3.95. The standard InChI is InChI=1S/C18H21N3O4/c1-20-15-9-11(17(23)19-10-12-3-2-8-25-12)4-5-13(15)21-14(18(20)24)6-7-16(21)22/h4-5,9,12,14H,2-3,6-8,10H2,1H3,(H,19,23). The molecule has 1 N–H and O–H groups in total. The number of carbonyl (C=O) groups is 3. The van der Waals surface area contributed by atoms with E-state index in [4.69, 9.17) is 4.74 Å². The number of nitrogens with zero attached hydrogens (tertiary/aromatic N) is 2. The molecule has 1 aromatic carbocycles. The van der Waals surface area contributed by atoms with Crippen LogP contribution in [0.25, 0.3) is 0 Å². The highest BCUT2D eigenvalue weighted by Crippen LogP contribution is 2.40. The van der Waals surface area contributed by atoms with Crippen LogP contribution in [0.2, 0.25) is 0 Å². The van der Waals surface area contributed by atoms with E-state index in [9.17, 15) is 14.4 Å². The van der Waals surface area contributed by atoms with Crippen molar-refractivity contribution in [1.82, 2.24) is 5.32 Å². The number of benzene rings is 1. The number of carbonyl (C=O) groups excluding carboxylic acids is 3.